The number of carboxylic acid groups (broad SMARTS) is 3. The number of carbonyl (C=O) groups is 3. The van der Waals surface area contributed by atoms with Gasteiger partial charge in [-0.1, -0.05) is 27.7 Å². The Morgan fingerprint density at radius 2 is 1.52 bits per heavy atom. The lowest BCUT2D eigenvalue weighted by atomic mass is 10.0. The number of carboxylic acids is 3. The van der Waals surface area contributed by atoms with Crippen molar-refractivity contribution in [1.29, 1.82) is 0 Å². The van der Waals surface area contributed by atoms with Gasteiger partial charge in [0.2, 0.25) is 0 Å². The van der Waals surface area contributed by atoms with Crippen LogP contribution in [0.2, 0.25) is 0 Å². The lowest BCUT2D eigenvalue weighted by Crippen LogP contribution is -2.70. The molecule has 0 aromatic rings. The van der Waals surface area contributed by atoms with Crippen molar-refractivity contribution in [3.8, 4) is 0 Å². The lowest BCUT2D eigenvalue weighted by molar-refractivity contribution is -0.151. The molecule has 3 unspecified atom stereocenters. The number of hydrogen-bond acceptors (Lipinski definition) is 6. The molecule has 0 rings (SSSR count). The lowest BCUT2D eigenvalue weighted by Gasteiger charge is -2.33. The van der Waals surface area contributed by atoms with Crippen LogP contribution >= 0.6 is 0 Å². The maximum atomic E-state index is 11.5. The van der Waals surface area contributed by atoms with Crippen LogP contribution in [0.4, 0.5) is 0 Å². The molecule has 0 radical (unpaired) electrons. The summed E-state index contributed by atoms with van der Waals surface area (Å²) >= 11 is 0. The first-order chi connectivity index (χ1) is 10.4. The second-order valence-corrected chi connectivity index (χ2v) is 6.42. The highest BCUT2D eigenvalue weighted by Crippen LogP contribution is 2.09. The van der Waals surface area contributed by atoms with Crippen molar-refractivity contribution >= 4 is 17.9 Å². The van der Waals surface area contributed by atoms with Crippen LogP contribution < -0.4 is 16.2 Å². The highest BCUT2D eigenvalue weighted by Gasteiger charge is 2.39. The van der Waals surface area contributed by atoms with E-state index in [-0.39, 0.29) is 18.3 Å². The number of aliphatic carboxylic acids is 3. The van der Waals surface area contributed by atoms with E-state index in [1.165, 1.54) is 6.92 Å². The second-order valence-electron chi connectivity index (χ2n) is 6.42. The number of rotatable bonds is 11. The predicted molar refractivity (Wildman–Crippen MR) is 82.6 cm³/mol. The first-order valence-corrected chi connectivity index (χ1v) is 7.40. The van der Waals surface area contributed by atoms with Crippen LogP contribution in [0.25, 0.3) is 0 Å². The largest absolute Gasteiger partial charge is 0.480 e. The monoisotopic (exact) mass is 333 g/mol. The quantitative estimate of drug-likeness (QED) is 0.228. The molecule has 0 aromatic heterocycles. The van der Waals surface area contributed by atoms with Gasteiger partial charge < -0.3 is 15.3 Å². The third-order valence-corrected chi connectivity index (χ3v) is 3.31. The second kappa shape index (κ2) is 8.80. The molecule has 0 aliphatic carbocycles. The summed E-state index contributed by atoms with van der Waals surface area (Å²) in [6.07, 6.45) is 0.282. The van der Waals surface area contributed by atoms with Crippen molar-refractivity contribution < 1.29 is 29.7 Å². The predicted octanol–water partition coefficient (Wildman–Crippen LogP) is 0.0795. The van der Waals surface area contributed by atoms with E-state index in [0.717, 1.165) is 0 Å². The average Bonchev–Trinajstić information content (AvgIpc) is 2.39. The Hall–Kier alpha value is -1.71. The standard InChI is InChI=1S/C14H27N3O6/c1-7(2)6-9(11(18)19)16-17-14(5,13(22)23)15-10(8(3)4)12(20)21/h7-10,15-17H,6H2,1-5H3,(H,18,19)(H,20,21)(H,22,23). The van der Waals surface area contributed by atoms with Gasteiger partial charge in [-0.05, 0) is 25.2 Å². The van der Waals surface area contributed by atoms with Gasteiger partial charge >= 0.3 is 17.9 Å². The third-order valence-electron chi connectivity index (χ3n) is 3.31. The zero-order chi connectivity index (χ0) is 18.4. The van der Waals surface area contributed by atoms with Gasteiger partial charge in [-0.2, -0.15) is 0 Å². The fourth-order valence-electron chi connectivity index (χ4n) is 1.90. The van der Waals surface area contributed by atoms with Crippen molar-refractivity contribution in [2.75, 3.05) is 0 Å². The molecule has 0 heterocycles. The summed E-state index contributed by atoms with van der Waals surface area (Å²) in [6.45, 7) is 8.19. The highest BCUT2D eigenvalue weighted by atomic mass is 16.4. The molecule has 23 heavy (non-hydrogen) atoms. The first-order valence-electron chi connectivity index (χ1n) is 7.40. The van der Waals surface area contributed by atoms with Gasteiger partial charge in [0, 0.05) is 0 Å². The SMILES string of the molecule is CC(C)CC(NNC(C)(NC(C(=O)O)C(C)C)C(=O)O)C(=O)O. The Kier molecular flexibility index (Phi) is 8.15. The van der Waals surface area contributed by atoms with E-state index in [4.69, 9.17) is 5.11 Å². The zero-order valence-electron chi connectivity index (χ0n) is 14.1. The van der Waals surface area contributed by atoms with E-state index >= 15 is 0 Å². The first kappa shape index (κ1) is 21.3. The summed E-state index contributed by atoms with van der Waals surface area (Å²) in [5.41, 5.74) is 3.04. The zero-order valence-corrected chi connectivity index (χ0v) is 14.1. The Morgan fingerprint density at radius 3 is 1.83 bits per heavy atom. The van der Waals surface area contributed by atoms with Crippen LogP contribution in [-0.4, -0.2) is 51.0 Å². The van der Waals surface area contributed by atoms with Gasteiger partial charge in [-0.15, -0.1) is 0 Å². The molecule has 0 aliphatic heterocycles. The Balaban J connectivity index is 5.12. The molecule has 0 saturated heterocycles. The molecule has 0 bridgehead atoms. The fraction of sp³-hybridized carbons (Fsp3) is 0.786. The van der Waals surface area contributed by atoms with Crippen LogP contribution in [0.3, 0.4) is 0 Å². The minimum Gasteiger partial charge on any atom is -0.480 e. The molecule has 0 fully saturated rings. The maximum Gasteiger partial charge on any atom is 0.339 e. The number of nitrogens with one attached hydrogen (secondary N) is 3. The minimum absolute atomic E-state index is 0.0804. The van der Waals surface area contributed by atoms with E-state index in [2.05, 4.69) is 16.2 Å². The van der Waals surface area contributed by atoms with E-state index in [0.29, 0.717) is 0 Å². The van der Waals surface area contributed by atoms with Crippen molar-refractivity contribution in [2.45, 2.75) is 58.8 Å². The van der Waals surface area contributed by atoms with E-state index in [1.54, 1.807) is 13.8 Å². The van der Waals surface area contributed by atoms with Crippen LogP contribution in [0.5, 0.6) is 0 Å². The molecule has 0 aliphatic rings. The Morgan fingerprint density at radius 1 is 1.00 bits per heavy atom. The molecule has 6 N–H and O–H groups in total. The smallest absolute Gasteiger partial charge is 0.339 e. The summed E-state index contributed by atoms with van der Waals surface area (Å²) in [5.74, 6) is -3.95. The molecule has 0 saturated carbocycles. The van der Waals surface area contributed by atoms with Crippen LogP contribution in [0.1, 0.15) is 41.0 Å². The van der Waals surface area contributed by atoms with Gasteiger partial charge in [-0.25, -0.2) is 15.6 Å². The Bertz CT molecular complexity index is 440. The van der Waals surface area contributed by atoms with Crippen molar-refractivity contribution in [3.05, 3.63) is 0 Å². The molecular weight excluding hydrogens is 306 g/mol. The number of hydrazine groups is 1. The Labute approximate surface area is 135 Å². The van der Waals surface area contributed by atoms with E-state index < -0.39 is 35.7 Å². The fourth-order valence-corrected chi connectivity index (χ4v) is 1.90. The van der Waals surface area contributed by atoms with Crippen molar-refractivity contribution in [3.63, 3.8) is 0 Å². The summed E-state index contributed by atoms with van der Waals surface area (Å²) in [6, 6.07) is -2.11. The van der Waals surface area contributed by atoms with E-state index in [1.807, 2.05) is 13.8 Å². The molecule has 134 valence electrons. The van der Waals surface area contributed by atoms with Crippen molar-refractivity contribution in [2.24, 2.45) is 11.8 Å². The molecule has 3 atom stereocenters. The molecule has 0 spiro atoms. The van der Waals surface area contributed by atoms with Gasteiger partial charge in [0.25, 0.3) is 0 Å². The average molecular weight is 333 g/mol. The van der Waals surface area contributed by atoms with Crippen LogP contribution in [0.15, 0.2) is 0 Å². The van der Waals surface area contributed by atoms with Gasteiger partial charge in [0.15, 0.2) is 5.66 Å². The molecule has 0 aromatic carbocycles. The maximum absolute atomic E-state index is 11.5. The van der Waals surface area contributed by atoms with Gasteiger partial charge in [-0.3, -0.25) is 14.9 Å². The molecule has 0 amide bonds. The van der Waals surface area contributed by atoms with Crippen molar-refractivity contribution in [1.82, 2.24) is 16.2 Å². The highest BCUT2D eigenvalue weighted by molar-refractivity contribution is 5.80. The number of hydrogen-bond donors (Lipinski definition) is 6. The molecular formula is C14H27N3O6. The summed E-state index contributed by atoms with van der Waals surface area (Å²) < 4.78 is 0. The summed E-state index contributed by atoms with van der Waals surface area (Å²) in [5, 5.41) is 30.2. The summed E-state index contributed by atoms with van der Waals surface area (Å²) in [4.78, 5) is 33.9. The molecule has 9 nitrogen and oxygen atoms in total. The van der Waals surface area contributed by atoms with E-state index in [9.17, 15) is 24.6 Å². The van der Waals surface area contributed by atoms with Crippen LogP contribution in [-0.2, 0) is 14.4 Å². The molecule has 9 heteroatoms. The normalized spacial score (nSPS) is 16.8. The summed E-state index contributed by atoms with van der Waals surface area (Å²) in [7, 11) is 0. The third kappa shape index (κ3) is 6.93. The minimum atomic E-state index is -1.85. The van der Waals surface area contributed by atoms with Gasteiger partial charge in [0.05, 0.1) is 0 Å². The van der Waals surface area contributed by atoms with Crippen LogP contribution in [0, 0.1) is 11.8 Å². The van der Waals surface area contributed by atoms with Gasteiger partial charge in [0.1, 0.15) is 12.1 Å². The topological polar surface area (TPSA) is 148 Å².